The number of nitrogens with two attached hydrogens (primary N) is 1. The molecule has 0 bridgehead atoms. The Kier molecular flexibility index (Phi) is 2.26. The third kappa shape index (κ3) is 1.63. The van der Waals surface area contributed by atoms with Gasteiger partial charge < -0.3 is 5.73 Å². The number of fused-ring (bicyclic) bond motifs is 1. The normalized spacial score (nSPS) is 19.8. The van der Waals surface area contributed by atoms with E-state index in [1.54, 1.807) is 6.07 Å². The Bertz CT molecular complexity index is 442. The van der Waals surface area contributed by atoms with E-state index < -0.39 is 11.9 Å². The summed E-state index contributed by atoms with van der Waals surface area (Å²) in [5.74, 6) is -1.31. The van der Waals surface area contributed by atoms with Gasteiger partial charge in [-0.3, -0.25) is 4.79 Å². The molecule has 0 fully saturated rings. The average molecular weight is 206 g/mol. The fourth-order valence-corrected chi connectivity index (χ4v) is 1.90. The van der Waals surface area contributed by atoms with Gasteiger partial charge in [-0.1, -0.05) is 12.6 Å². The summed E-state index contributed by atoms with van der Waals surface area (Å²) in [7, 11) is 0. The Balaban J connectivity index is 2.55. The molecule has 1 aromatic rings. The van der Waals surface area contributed by atoms with Gasteiger partial charge >= 0.3 is 0 Å². The summed E-state index contributed by atoms with van der Waals surface area (Å²) in [5.41, 5.74) is 7.23. The zero-order valence-electron chi connectivity index (χ0n) is 8.16. The molecule has 1 amide bonds. The number of allylic oxidation sites excluding steroid dienone is 1. The van der Waals surface area contributed by atoms with Crippen molar-refractivity contribution < 1.29 is 9.18 Å². The molecule has 0 aromatic carbocycles. The number of primary amides is 1. The minimum absolute atomic E-state index is 0.362. The molecule has 0 saturated heterocycles. The van der Waals surface area contributed by atoms with Crippen molar-refractivity contribution in [3.63, 3.8) is 0 Å². The fraction of sp³-hybridized carbons (Fsp3) is 0.273. The predicted octanol–water partition coefficient (Wildman–Crippen LogP) is 1.60. The second-order valence-electron chi connectivity index (χ2n) is 3.67. The largest absolute Gasteiger partial charge is 0.369 e. The number of halogens is 1. The van der Waals surface area contributed by atoms with Gasteiger partial charge in [-0.05, 0) is 30.0 Å². The van der Waals surface area contributed by atoms with Crippen LogP contribution in [0.4, 0.5) is 4.39 Å². The quantitative estimate of drug-likeness (QED) is 0.709. The van der Waals surface area contributed by atoms with E-state index in [2.05, 4.69) is 11.6 Å². The van der Waals surface area contributed by atoms with Crippen molar-refractivity contribution in [3.8, 4) is 0 Å². The van der Waals surface area contributed by atoms with E-state index in [1.807, 2.05) is 0 Å². The van der Waals surface area contributed by atoms with Crippen molar-refractivity contribution in [2.75, 3.05) is 0 Å². The van der Waals surface area contributed by atoms with Gasteiger partial charge in [-0.25, -0.2) is 4.98 Å². The molecule has 2 rings (SSSR count). The molecule has 1 unspecified atom stereocenters. The molecular formula is C11H11FN2O. The van der Waals surface area contributed by atoms with E-state index in [9.17, 15) is 9.18 Å². The minimum Gasteiger partial charge on any atom is -0.369 e. The van der Waals surface area contributed by atoms with Crippen molar-refractivity contribution >= 4 is 11.5 Å². The lowest BCUT2D eigenvalue weighted by atomic mass is 9.83. The molecule has 15 heavy (non-hydrogen) atoms. The van der Waals surface area contributed by atoms with Crippen LogP contribution < -0.4 is 5.73 Å². The third-order valence-corrected chi connectivity index (χ3v) is 2.68. The van der Waals surface area contributed by atoms with Gasteiger partial charge in [-0.2, -0.15) is 4.39 Å². The second kappa shape index (κ2) is 3.46. The number of hydrogen-bond donors (Lipinski definition) is 1. The summed E-state index contributed by atoms with van der Waals surface area (Å²) in [6.45, 7) is 3.81. The first-order valence-corrected chi connectivity index (χ1v) is 4.73. The fourth-order valence-electron chi connectivity index (χ4n) is 1.90. The van der Waals surface area contributed by atoms with Crippen LogP contribution >= 0.6 is 0 Å². The maximum atomic E-state index is 12.9. The molecule has 0 aliphatic heterocycles. The van der Waals surface area contributed by atoms with E-state index in [-0.39, 0.29) is 5.92 Å². The van der Waals surface area contributed by atoms with Crippen LogP contribution in [0.15, 0.2) is 18.7 Å². The smallest absolute Gasteiger partial charge is 0.225 e. The second-order valence-corrected chi connectivity index (χ2v) is 3.67. The van der Waals surface area contributed by atoms with Crippen molar-refractivity contribution in [3.05, 3.63) is 35.9 Å². The highest BCUT2D eigenvalue weighted by atomic mass is 19.1. The highest BCUT2D eigenvalue weighted by Gasteiger charge is 2.27. The number of carbonyl (C=O) groups excluding carboxylic acids is 1. The highest BCUT2D eigenvalue weighted by molar-refractivity contribution is 5.85. The van der Waals surface area contributed by atoms with Crippen LogP contribution in [0.25, 0.3) is 5.57 Å². The topological polar surface area (TPSA) is 56.0 Å². The van der Waals surface area contributed by atoms with Gasteiger partial charge in [0.25, 0.3) is 0 Å². The number of rotatable bonds is 1. The van der Waals surface area contributed by atoms with Crippen molar-refractivity contribution in [1.29, 1.82) is 0 Å². The SMILES string of the molecule is C=C1CCC(C(N)=O)c2ccc(F)nc21. The van der Waals surface area contributed by atoms with Gasteiger partial charge in [0.05, 0.1) is 11.6 Å². The molecule has 2 N–H and O–H groups in total. The van der Waals surface area contributed by atoms with Gasteiger partial charge in [0.1, 0.15) is 0 Å². The Morgan fingerprint density at radius 3 is 3.00 bits per heavy atom. The lowest BCUT2D eigenvalue weighted by molar-refractivity contribution is -0.119. The maximum Gasteiger partial charge on any atom is 0.225 e. The van der Waals surface area contributed by atoms with E-state index >= 15 is 0 Å². The molecule has 0 saturated carbocycles. The molecule has 1 aliphatic carbocycles. The number of amides is 1. The first-order valence-electron chi connectivity index (χ1n) is 4.73. The summed E-state index contributed by atoms with van der Waals surface area (Å²) in [6.07, 6.45) is 1.27. The molecule has 1 heterocycles. The lowest BCUT2D eigenvalue weighted by Gasteiger charge is -2.23. The zero-order valence-corrected chi connectivity index (χ0v) is 8.16. The summed E-state index contributed by atoms with van der Waals surface area (Å²) in [6, 6.07) is 2.81. The van der Waals surface area contributed by atoms with Crippen LogP contribution in [0.3, 0.4) is 0 Å². The van der Waals surface area contributed by atoms with Crippen molar-refractivity contribution in [2.45, 2.75) is 18.8 Å². The Labute approximate surface area is 86.8 Å². The van der Waals surface area contributed by atoms with Crippen LogP contribution in [0, 0.1) is 5.95 Å². The molecule has 0 spiro atoms. The van der Waals surface area contributed by atoms with Crippen molar-refractivity contribution in [1.82, 2.24) is 4.98 Å². The predicted molar refractivity (Wildman–Crippen MR) is 54.4 cm³/mol. The number of aromatic nitrogens is 1. The molecule has 1 aliphatic rings. The summed E-state index contributed by atoms with van der Waals surface area (Å²) >= 11 is 0. The van der Waals surface area contributed by atoms with Crippen LogP contribution in [-0.4, -0.2) is 10.9 Å². The monoisotopic (exact) mass is 206 g/mol. The van der Waals surface area contributed by atoms with Crippen molar-refractivity contribution in [2.24, 2.45) is 5.73 Å². The number of pyridine rings is 1. The molecular weight excluding hydrogens is 195 g/mol. The maximum absolute atomic E-state index is 12.9. The summed E-state index contributed by atoms with van der Waals surface area (Å²) < 4.78 is 12.9. The molecule has 3 nitrogen and oxygen atoms in total. The first-order chi connectivity index (χ1) is 7.09. The van der Waals surface area contributed by atoms with Gasteiger partial charge in [-0.15, -0.1) is 0 Å². The van der Waals surface area contributed by atoms with E-state index in [0.29, 0.717) is 24.1 Å². The number of hydrogen-bond acceptors (Lipinski definition) is 2. The van der Waals surface area contributed by atoms with Gasteiger partial charge in [0, 0.05) is 0 Å². The van der Waals surface area contributed by atoms with Crippen LogP contribution in [-0.2, 0) is 4.79 Å². The number of carbonyl (C=O) groups is 1. The molecule has 0 radical (unpaired) electrons. The lowest BCUT2D eigenvalue weighted by Crippen LogP contribution is -2.25. The Morgan fingerprint density at radius 1 is 1.60 bits per heavy atom. The Morgan fingerprint density at radius 2 is 2.33 bits per heavy atom. The standard InChI is InChI=1S/C11H11FN2O/c1-6-2-3-8(11(13)15)7-4-5-9(12)14-10(6)7/h4-5,8H,1-3H2,(H2,13,15). The van der Waals surface area contributed by atoms with Crippen LogP contribution in [0.2, 0.25) is 0 Å². The minimum atomic E-state index is -0.556. The molecule has 1 aromatic heterocycles. The molecule has 78 valence electrons. The van der Waals surface area contributed by atoms with E-state index in [1.165, 1.54) is 6.07 Å². The van der Waals surface area contributed by atoms with E-state index in [4.69, 9.17) is 5.73 Å². The third-order valence-electron chi connectivity index (χ3n) is 2.68. The zero-order chi connectivity index (χ0) is 11.0. The summed E-state index contributed by atoms with van der Waals surface area (Å²) in [4.78, 5) is 14.9. The highest BCUT2D eigenvalue weighted by Crippen LogP contribution is 2.35. The first kappa shape index (κ1) is 9.83. The average Bonchev–Trinajstić information content (AvgIpc) is 2.19. The summed E-state index contributed by atoms with van der Waals surface area (Å²) in [5, 5.41) is 0. The Hall–Kier alpha value is -1.71. The van der Waals surface area contributed by atoms with Gasteiger partial charge in [0.15, 0.2) is 0 Å². The van der Waals surface area contributed by atoms with Gasteiger partial charge in [0.2, 0.25) is 11.9 Å². The van der Waals surface area contributed by atoms with E-state index in [0.717, 1.165) is 5.57 Å². The van der Waals surface area contributed by atoms with Crippen LogP contribution in [0.1, 0.15) is 30.0 Å². The molecule has 4 heteroatoms. The van der Waals surface area contributed by atoms with Crippen LogP contribution in [0.5, 0.6) is 0 Å². The number of nitrogens with zero attached hydrogens (tertiary/aromatic N) is 1. The molecule has 1 atom stereocenters.